The molecule has 0 spiro atoms. The fraction of sp³-hybridized carbons (Fsp3) is 0.640. The number of fused-ring (bicyclic) bond motifs is 3. The predicted molar refractivity (Wildman–Crippen MR) is 124 cm³/mol. The van der Waals surface area contributed by atoms with Crippen LogP contribution in [0, 0.1) is 11.8 Å². The lowest BCUT2D eigenvalue weighted by Crippen LogP contribution is -2.51. The first kappa shape index (κ1) is 23.9. The van der Waals surface area contributed by atoms with E-state index in [0.717, 1.165) is 23.1 Å². The summed E-state index contributed by atoms with van der Waals surface area (Å²) in [5.41, 5.74) is 0.383. The maximum absolute atomic E-state index is 13.8. The van der Waals surface area contributed by atoms with E-state index in [1.807, 2.05) is 51.1 Å². The Bertz CT molecular complexity index is 1050. The average molecular weight is 492 g/mol. The Kier molecular flexibility index (Phi) is 5.96. The van der Waals surface area contributed by atoms with Gasteiger partial charge in [-0.3, -0.25) is 0 Å². The standard InChI is InChI=1S/C25H32F3N5O2/c1-24(2,3)35-23(34)32-13-16-9-10-17(14-32)20(16)29-22-30-21-18(15-7-5-4-6-8-15)11-12-19(25(26,27)28)33(21)31-22/h4-8,16-20H,9-14H2,1-3H3,(H,29,31)/t16-,17+,18?,19?,20-. The molecular formula is C25H32F3N5O2. The molecule has 7 nitrogen and oxygen atoms in total. The lowest BCUT2D eigenvalue weighted by Gasteiger charge is -2.38. The summed E-state index contributed by atoms with van der Waals surface area (Å²) in [5, 5.41) is 7.70. The maximum Gasteiger partial charge on any atom is 0.410 e. The fourth-order valence-corrected chi connectivity index (χ4v) is 5.83. The van der Waals surface area contributed by atoms with Crippen LogP contribution in [-0.2, 0) is 4.74 Å². The first-order valence-electron chi connectivity index (χ1n) is 12.3. The molecule has 35 heavy (non-hydrogen) atoms. The topological polar surface area (TPSA) is 72.3 Å². The van der Waals surface area contributed by atoms with Crippen LogP contribution in [0.5, 0.6) is 0 Å². The van der Waals surface area contributed by atoms with E-state index >= 15 is 0 Å². The van der Waals surface area contributed by atoms with E-state index in [4.69, 9.17) is 4.74 Å². The largest absolute Gasteiger partial charge is 0.444 e. The van der Waals surface area contributed by atoms with Crippen molar-refractivity contribution in [3.05, 3.63) is 41.7 Å². The molecule has 5 atom stereocenters. The number of aromatic nitrogens is 3. The van der Waals surface area contributed by atoms with Crippen LogP contribution in [0.25, 0.3) is 0 Å². The third kappa shape index (κ3) is 4.84. The Balaban J connectivity index is 1.37. The molecule has 5 rings (SSSR count). The smallest absolute Gasteiger partial charge is 0.410 e. The Morgan fingerprint density at radius 2 is 1.69 bits per heavy atom. The van der Waals surface area contributed by atoms with Gasteiger partial charge in [0.15, 0.2) is 0 Å². The molecule has 1 saturated heterocycles. The minimum absolute atomic E-state index is 0.0117. The number of rotatable bonds is 3. The molecule has 3 aliphatic rings. The number of amides is 1. The molecule has 2 fully saturated rings. The van der Waals surface area contributed by atoms with E-state index in [2.05, 4.69) is 15.4 Å². The van der Waals surface area contributed by atoms with E-state index < -0.39 is 17.8 Å². The minimum atomic E-state index is -4.39. The number of nitrogens with one attached hydrogen (secondary N) is 1. The van der Waals surface area contributed by atoms with Crippen molar-refractivity contribution in [1.29, 1.82) is 0 Å². The number of halogens is 3. The zero-order valence-corrected chi connectivity index (χ0v) is 20.3. The molecule has 190 valence electrons. The Morgan fingerprint density at radius 1 is 1.03 bits per heavy atom. The summed E-state index contributed by atoms with van der Waals surface area (Å²) in [7, 11) is 0. The summed E-state index contributed by atoms with van der Waals surface area (Å²) in [4.78, 5) is 18.9. The number of nitrogens with zero attached hydrogens (tertiary/aromatic N) is 4. The number of hydrogen-bond donors (Lipinski definition) is 1. The van der Waals surface area contributed by atoms with Crippen LogP contribution >= 0.6 is 0 Å². The number of anilines is 1. The molecule has 1 aromatic carbocycles. The van der Waals surface area contributed by atoms with Crippen LogP contribution in [0.3, 0.4) is 0 Å². The summed E-state index contributed by atoms with van der Waals surface area (Å²) in [6.07, 6.45) is -2.49. The summed E-state index contributed by atoms with van der Waals surface area (Å²) in [6.45, 7) is 6.63. The van der Waals surface area contributed by atoms with Gasteiger partial charge in [-0.2, -0.15) is 18.2 Å². The number of carbonyl (C=O) groups is 1. The van der Waals surface area contributed by atoms with Crippen molar-refractivity contribution in [1.82, 2.24) is 19.7 Å². The molecule has 0 radical (unpaired) electrons. The van der Waals surface area contributed by atoms with E-state index in [-0.39, 0.29) is 42.3 Å². The predicted octanol–water partition coefficient (Wildman–Crippen LogP) is 5.36. The van der Waals surface area contributed by atoms with Crippen molar-refractivity contribution in [2.24, 2.45) is 11.8 Å². The van der Waals surface area contributed by atoms with Crippen LogP contribution in [0.2, 0.25) is 0 Å². The van der Waals surface area contributed by atoms with Gasteiger partial charge in [-0.1, -0.05) is 30.3 Å². The second kappa shape index (κ2) is 8.71. The van der Waals surface area contributed by atoms with Crippen molar-refractivity contribution >= 4 is 12.0 Å². The van der Waals surface area contributed by atoms with Gasteiger partial charge in [0.2, 0.25) is 5.95 Å². The molecule has 3 heterocycles. The highest BCUT2D eigenvalue weighted by molar-refractivity contribution is 5.68. The van der Waals surface area contributed by atoms with Crippen molar-refractivity contribution in [3.63, 3.8) is 0 Å². The summed E-state index contributed by atoms with van der Waals surface area (Å²) < 4.78 is 48.1. The fourth-order valence-electron chi connectivity index (χ4n) is 5.83. The highest BCUT2D eigenvalue weighted by Gasteiger charge is 2.48. The Labute approximate surface area is 203 Å². The van der Waals surface area contributed by atoms with Crippen molar-refractivity contribution < 1.29 is 22.7 Å². The van der Waals surface area contributed by atoms with E-state index in [0.29, 0.717) is 25.3 Å². The third-order valence-corrected chi connectivity index (χ3v) is 7.35. The molecule has 1 aliphatic carbocycles. The number of benzene rings is 1. The molecule has 1 aromatic heterocycles. The van der Waals surface area contributed by atoms with Gasteiger partial charge in [0.1, 0.15) is 17.5 Å². The van der Waals surface area contributed by atoms with Gasteiger partial charge in [-0.25, -0.2) is 9.48 Å². The number of carbonyl (C=O) groups excluding carboxylic acids is 1. The molecular weight excluding hydrogens is 459 g/mol. The van der Waals surface area contributed by atoms with Crippen molar-refractivity contribution in [3.8, 4) is 0 Å². The van der Waals surface area contributed by atoms with Crippen molar-refractivity contribution in [2.75, 3.05) is 18.4 Å². The quantitative estimate of drug-likeness (QED) is 0.626. The van der Waals surface area contributed by atoms with Gasteiger partial charge in [-0.15, -0.1) is 5.10 Å². The van der Waals surface area contributed by atoms with Gasteiger partial charge in [-0.05, 0) is 63.9 Å². The highest BCUT2D eigenvalue weighted by atomic mass is 19.4. The summed E-state index contributed by atoms with van der Waals surface area (Å²) in [5.74, 6) is 0.703. The van der Waals surface area contributed by atoms with E-state index in [9.17, 15) is 18.0 Å². The average Bonchev–Trinajstić information content (AvgIpc) is 3.28. The second-order valence-electron chi connectivity index (χ2n) is 11.0. The summed E-state index contributed by atoms with van der Waals surface area (Å²) in [6, 6.07) is 7.86. The van der Waals surface area contributed by atoms with Gasteiger partial charge >= 0.3 is 12.3 Å². The second-order valence-corrected chi connectivity index (χ2v) is 11.0. The first-order valence-corrected chi connectivity index (χ1v) is 12.3. The Morgan fingerprint density at radius 3 is 2.29 bits per heavy atom. The van der Waals surface area contributed by atoms with Crippen molar-refractivity contribution in [2.45, 2.75) is 76.2 Å². The van der Waals surface area contributed by atoms with Gasteiger partial charge in [0.25, 0.3) is 0 Å². The van der Waals surface area contributed by atoms with Crippen LogP contribution in [0.15, 0.2) is 30.3 Å². The molecule has 1 saturated carbocycles. The third-order valence-electron chi connectivity index (χ3n) is 7.35. The lowest BCUT2D eigenvalue weighted by molar-refractivity contribution is -0.175. The number of likely N-dealkylation sites (tertiary alicyclic amines) is 1. The van der Waals surface area contributed by atoms with Gasteiger partial charge in [0.05, 0.1) is 0 Å². The van der Waals surface area contributed by atoms with Crippen LogP contribution in [0.1, 0.15) is 69.8 Å². The SMILES string of the molecule is CC(C)(C)OC(=O)N1C[C@H]2CC[C@@H](C1)[C@@H]2Nc1nc2n(n1)C(C(F)(F)F)CCC2c1ccccc1. The number of hydrogen-bond acceptors (Lipinski definition) is 5. The van der Waals surface area contributed by atoms with Crippen LogP contribution < -0.4 is 5.32 Å². The molecule has 1 N–H and O–H groups in total. The summed E-state index contributed by atoms with van der Waals surface area (Å²) >= 11 is 0. The van der Waals surface area contributed by atoms with Gasteiger partial charge in [0, 0.05) is 25.0 Å². The number of ether oxygens (including phenoxy) is 1. The molecule has 2 aliphatic heterocycles. The number of piperidine rings is 1. The zero-order valence-electron chi connectivity index (χ0n) is 20.3. The minimum Gasteiger partial charge on any atom is -0.444 e. The molecule has 10 heteroatoms. The Hall–Kier alpha value is -2.78. The normalized spacial score (nSPS) is 28.5. The molecule has 2 aromatic rings. The maximum atomic E-state index is 13.8. The lowest BCUT2D eigenvalue weighted by atomic mass is 9.88. The number of alkyl halides is 3. The zero-order chi connectivity index (χ0) is 25.0. The van der Waals surface area contributed by atoms with Gasteiger partial charge < -0.3 is 15.0 Å². The van der Waals surface area contributed by atoms with Crippen LogP contribution in [-0.4, -0.2) is 56.7 Å². The molecule has 1 amide bonds. The molecule has 2 bridgehead atoms. The molecule has 2 unspecified atom stereocenters. The van der Waals surface area contributed by atoms with Crippen LogP contribution in [0.4, 0.5) is 23.9 Å². The first-order chi connectivity index (χ1) is 16.5. The monoisotopic (exact) mass is 491 g/mol. The van der Waals surface area contributed by atoms with E-state index in [1.54, 1.807) is 4.90 Å². The van der Waals surface area contributed by atoms with E-state index in [1.165, 1.54) is 0 Å². The highest BCUT2D eigenvalue weighted by Crippen LogP contribution is 2.45.